The van der Waals surface area contributed by atoms with E-state index in [1.54, 1.807) is 11.3 Å². The number of hydrogen-bond acceptors (Lipinski definition) is 4. The van der Waals surface area contributed by atoms with Crippen LogP contribution in [0.4, 0.5) is 0 Å². The maximum atomic E-state index is 12.4. The normalized spacial score (nSPS) is 11.6. The summed E-state index contributed by atoms with van der Waals surface area (Å²) in [6, 6.07) is 21.0. The maximum absolute atomic E-state index is 12.4. The third-order valence-electron chi connectivity index (χ3n) is 4.23. The van der Waals surface area contributed by atoms with Gasteiger partial charge in [0.05, 0.1) is 12.5 Å². The minimum atomic E-state index is -0.410. The van der Waals surface area contributed by atoms with Crippen LogP contribution in [0.1, 0.15) is 27.6 Å². The lowest BCUT2D eigenvalue weighted by molar-refractivity contribution is -0.148. The van der Waals surface area contributed by atoms with Gasteiger partial charge in [0.2, 0.25) is 0 Å². The molecule has 3 aromatic rings. The molecule has 0 aliphatic heterocycles. The molecule has 2 aromatic carbocycles. The molecular formula is C22H21NO3S. The number of esters is 1. The number of hydrogen-bond donors (Lipinski definition) is 1. The van der Waals surface area contributed by atoms with Crippen LogP contribution in [0.15, 0.2) is 72.1 Å². The van der Waals surface area contributed by atoms with Crippen LogP contribution < -0.4 is 5.32 Å². The second-order valence-corrected chi connectivity index (χ2v) is 7.17. The fourth-order valence-corrected chi connectivity index (χ4v) is 3.59. The van der Waals surface area contributed by atoms with Crippen molar-refractivity contribution in [1.82, 2.24) is 5.32 Å². The Balaban J connectivity index is 1.58. The quantitative estimate of drug-likeness (QED) is 0.630. The largest absolute Gasteiger partial charge is 0.455 e. The molecule has 0 aliphatic rings. The first-order chi connectivity index (χ1) is 13.1. The summed E-state index contributed by atoms with van der Waals surface area (Å²) >= 11 is 1.57. The van der Waals surface area contributed by atoms with E-state index in [4.69, 9.17) is 4.74 Å². The molecule has 5 heteroatoms. The summed E-state index contributed by atoms with van der Waals surface area (Å²) in [6.07, 6.45) is 0.160. The highest BCUT2D eigenvalue weighted by Gasteiger charge is 2.18. The zero-order valence-corrected chi connectivity index (χ0v) is 15.9. The van der Waals surface area contributed by atoms with Gasteiger partial charge in [0.25, 0.3) is 5.91 Å². The molecule has 1 atom stereocenters. The van der Waals surface area contributed by atoms with Crippen LogP contribution >= 0.6 is 11.3 Å². The van der Waals surface area contributed by atoms with E-state index in [-0.39, 0.29) is 25.0 Å². The molecule has 138 valence electrons. The molecule has 0 radical (unpaired) electrons. The first-order valence-corrected chi connectivity index (χ1v) is 9.59. The summed E-state index contributed by atoms with van der Waals surface area (Å²) in [6.45, 7) is 1.65. The van der Waals surface area contributed by atoms with Crippen molar-refractivity contribution >= 4 is 23.2 Å². The SMILES string of the molecule is Cc1ccccc1CC(=O)OCC(=O)N[C@@H](c1ccccc1)c1cccs1. The Morgan fingerprint density at radius 1 is 1.00 bits per heavy atom. The number of thiophene rings is 1. The molecule has 0 aliphatic carbocycles. The van der Waals surface area contributed by atoms with Crippen molar-refractivity contribution in [3.63, 3.8) is 0 Å². The summed E-state index contributed by atoms with van der Waals surface area (Å²) in [7, 11) is 0. The highest BCUT2D eigenvalue weighted by Crippen LogP contribution is 2.25. The molecule has 0 saturated carbocycles. The molecule has 1 heterocycles. The van der Waals surface area contributed by atoms with E-state index in [2.05, 4.69) is 5.32 Å². The van der Waals surface area contributed by atoms with Crippen molar-refractivity contribution in [3.8, 4) is 0 Å². The minimum Gasteiger partial charge on any atom is -0.455 e. The van der Waals surface area contributed by atoms with E-state index in [0.29, 0.717) is 0 Å². The number of aryl methyl sites for hydroxylation is 1. The van der Waals surface area contributed by atoms with Gasteiger partial charge in [-0.2, -0.15) is 0 Å². The molecule has 0 unspecified atom stereocenters. The average molecular weight is 379 g/mol. The van der Waals surface area contributed by atoms with Crippen LogP contribution in [-0.2, 0) is 20.7 Å². The summed E-state index contributed by atoms with van der Waals surface area (Å²) in [5.41, 5.74) is 2.92. The molecule has 0 bridgehead atoms. The number of amides is 1. The highest BCUT2D eigenvalue weighted by molar-refractivity contribution is 7.10. The molecule has 4 nitrogen and oxygen atoms in total. The van der Waals surface area contributed by atoms with Crippen LogP contribution in [0.5, 0.6) is 0 Å². The lowest BCUT2D eigenvalue weighted by Crippen LogP contribution is -2.33. The van der Waals surface area contributed by atoms with Crippen molar-refractivity contribution < 1.29 is 14.3 Å². The van der Waals surface area contributed by atoms with E-state index in [9.17, 15) is 9.59 Å². The Bertz CT molecular complexity index is 891. The summed E-state index contributed by atoms with van der Waals surface area (Å²) in [5, 5.41) is 4.93. The Kier molecular flexibility index (Phi) is 6.39. The Morgan fingerprint density at radius 2 is 1.74 bits per heavy atom. The maximum Gasteiger partial charge on any atom is 0.310 e. The van der Waals surface area contributed by atoms with Gasteiger partial charge in [-0.05, 0) is 35.1 Å². The van der Waals surface area contributed by atoms with E-state index in [0.717, 1.165) is 21.6 Å². The van der Waals surface area contributed by atoms with Crippen LogP contribution in [0.3, 0.4) is 0 Å². The fourth-order valence-electron chi connectivity index (χ4n) is 2.78. The van der Waals surface area contributed by atoms with Crippen molar-refractivity contribution in [2.75, 3.05) is 6.61 Å². The lowest BCUT2D eigenvalue weighted by atomic mass is 10.1. The second kappa shape index (κ2) is 9.14. The van der Waals surface area contributed by atoms with Gasteiger partial charge >= 0.3 is 5.97 Å². The topological polar surface area (TPSA) is 55.4 Å². The first-order valence-electron chi connectivity index (χ1n) is 8.71. The Morgan fingerprint density at radius 3 is 2.44 bits per heavy atom. The van der Waals surface area contributed by atoms with E-state index in [1.807, 2.05) is 79.0 Å². The zero-order chi connectivity index (χ0) is 19.1. The van der Waals surface area contributed by atoms with Gasteiger partial charge in [-0.25, -0.2) is 0 Å². The van der Waals surface area contributed by atoms with Gasteiger partial charge in [-0.3, -0.25) is 9.59 Å². The van der Waals surface area contributed by atoms with Crippen LogP contribution in [-0.4, -0.2) is 18.5 Å². The highest BCUT2D eigenvalue weighted by atomic mass is 32.1. The fraction of sp³-hybridized carbons (Fsp3) is 0.182. The first kappa shape index (κ1) is 18.9. The van der Waals surface area contributed by atoms with Gasteiger partial charge in [0, 0.05) is 4.88 Å². The summed E-state index contributed by atoms with van der Waals surface area (Å²) < 4.78 is 5.17. The van der Waals surface area contributed by atoms with Crippen LogP contribution in [0.25, 0.3) is 0 Å². The van der Waals surface area contributed by atoms with Gasteiger partial charge in [-0.1, -0.05) is 60.7 Å². The van der Waals surface area contributed by atoms with Crippen molar-refractivity contribution in [2.45, 2.75) is 19.4 Å². The van der Waals surface area contributed by atoms with Crippen molar-refractivity contribution in [3.05, 3.63) is 93.7 Å². The number of rotatable bonds is 7. The lowest BCUT2D eigenvalue weighted by Gasteiger charge is -2.18. The van der Waals surface area contributed by atoms with Crippen molar-refractivity contribution in [1.29, 1.82) is 0 Å². The van der Waals surface area contributed by atoms with Gasteiger partial charge in [0.1, 0.15) is 0 Å². The minimum absolute atomic E-state index is 0.160. The predicted octanol–water partition coefficient (Wildman–Crippen LogP) is 4.05. The van der Waals surface area contributed by atoms with Crippen LogP contribution in [0.2, 0.25) is 0 Å². The molecule has 27 heavy (non-hydrogen) atoms. The van der Waals surface area contributed by atoms with Gasteiger partial charge in [-0.15, -0.1) is 11.3 Å². The molecule has 1 N–H and O–H groups in total. The second-order valence-electron chi connectivity index (χ2n) is 6.19. The Labute approximate surface area is 162 Å². The molecule has 0 spiro atoms. The van der Waals surface area contributed by atoms with Gasteiger partial charge in [0.15, 0.2) is 6.61 Å². The molecule has 0 saturated heterocycles. The number of carbonyl (C=O) groups is 2. The van der Waals surface area contributed by atoms with E-state index in [1.165, 1.54) is 0 Å². The molecule has 1 aromatic heterocycles. The summed E-state index contributed by atoms with van der Waals surface area (Å²) in [5.74, 6) is -0.734. The molecule has 1 amide bonds. The van der Waals surface area contributed by atoms with Crippen LogP contribution in [0, 0.1) is 6.92 Å². The zero-order valence-electron chi connectivity index (χ0n) is 15.1. The number of carbonyl (C=O) groups excluding carboxylic acids is 2. The molecule has 3 rings (SSSR count). The number of benzene rings is 2. The molecule has 0 fully saturated rings. The Hall–Kier alpha value is -2.92. The number of nitrogens with one attached hydrogen (secondary N) is 1. The van der Waals surface area contributed by atoms with E-state index >= 15 is 0 Å². The van der Waals surface area contributed by atoms with E-state index < -0.39 is 5.97 Å². The number of ether oxygens (including phenoxy) is 1. The average Bonchev–Trinajstić information content (AvgIpc) is 3.21. The third-order valence-corrected chi connectivity index (χ3v) is 5.16. The predicted molar refractivity (Wildman–Crippen MR) is 107 cm³/mol. The summed E-state index contributed by atoms with van der Waals surface area (Å²) in [4.78, 5) is 25.4. The standard InChI is InChI=1S/C22H21NO3S/c1-16-8-5-6-11-18(16)14-21(25)26-15-20(24)23-22(19-12-7-13-27-19)17-9-3-2-4-10-17/h2-13,22H,14-15H2,1H3,(H,23,24)/t22-/m0/s1. The third kappa shape index (κ3) is 5.28. The van der Waals surface area contributed by atoms with Crippen molar-refractivity contribution in [2.24, 2.45) is 0 Å². The van der Waals surface area contributed by atoms with Gasteiger partial charge < -0.3 is 10.1 Å². The molecular weight excluding hydrogens is 358 g/mol. The smallest absolute Gasteiger partial charge is 0.310 e. The monoisotopic (exact) mass is 379 g/mol.